The summed E-state index contributed by atoms with van der Waals surface area (Å²) in [5.74, 6) is -2.33. The topological polar surface area (TPSA) is 154 Å². The molecule has 2 rings (SSSR count). The summed E-state index contributed by atoms with van der Waals surface area (Å²) in [7, 11) is 1.15. The van der Waals surface area contributed by atoms with Gasteiger partial charge in [0.2, 0.25) is 5.69 Å². The predicted molar refractivity (Wildman–Crippen MR) is 89.5 cm³/mol. The van der Waals surface area contributed by atoms with Crippen LogP contribution in [0.5, 0.6) is 0 Å². The molecule has 2 aromatic heterocycles. The molecule has 0 saturated carbocycles. The number of H-pyrrole nitrogens is 1. The zero-order chi connectivity index (χ0) is 19.4. The van der Waals surface area contributed by atoms with Crippen LogP contribution >= 0.6 is 11.3 Å². The van der Waals surface area contributed by atoms with Gasteiger partial charge in [0.15, 0.2) is 0 Å². The second-order valence-electron chi connectivity index (χ2n) is 4.81. The second-order valence-corrected chi connectivity index (χ2v) is 5.83. The van der Waals surface area contributed by atoms with Gasteiger partial charge in [-0.2, -0.15) is 5.10 Å². The fourth-order valence-corrected chi connectivity index (χ4v) is 3.18. The van der Waals surface area contributed by atoms with E-state index >= 15 is 0 Å². The van der Waals surface area contributed by atoms with Gasteiger partial charge in [0.25, 0.3) is 5.91 Å². The van der Waals surface area contributed by atoms with Gasteiger partial charge < -0.3 is 14.8 Å². The molecular formula is C14H14N4O7S. The van der Waals surface area contributed by atoms with Gasteiger partial charge in [0.05, 0.1) is 24.2 Å². The van der Waals surface area contributed by atoms with Crippen molar-refractivity contribution >= 4 is 39.9 Å². The average molecular weight is 382 g/mol. The van der Waals surface area contributed by atoms with Crippen LogP contribution in [-0.4, -0.2) is 46.7 Å². The molecule has 2 N–H and O–H groups in total. The maximum atomic E-state index is 12.3. The van der Waals surface area contributed by atoms with E-state index in [0.29, 0.717) is 0 Å². The highest BCUT2D eigenvalue weighted by molar-refractivity contribution is 7.18. The van der Waals surface area contributed by atoms with Gasteiger partial charge in [-0.15, -0.1) is 11.3 Å². The summed E-state index contributed by atoms with van der Waals surface area (Å²) in [6.45, 7) is 3.26. The van der Waals surface area contributed by atoms with Gasteiger partial charge in [-0.3, -0.25) is 20.0 Å². The summed E-state index contributed by atoms with van der Waals surface area (Å²) in [6, 6.07) is 0. The van der Waals surface area contributed by atoms with Crippen molar-refractivity contribution in [2.75, 3.05) is 19.0 Å². The van der Waals surface area contributed by atoms with Gasteiger partial charge in [0, 0.05) is 0 Å². The van der Waals surface area contributed by atoms with Crippen LogP contribution in [0, 0.1) is 17.0 Å². The van der Waals surface area contributed by atoms with Gasteiger partial charge in [-0.05, 0) is 19.4 Å². The molecule has 0 radical (unpaired) electrons. The number of amides is 1. The summed E-state index contributed by atoms with van der Waals surface area (Å²) in [6.07, 6.45) is 0.889. The smallest absolute Gasteiger partial charge is 0.348 e. The monoisotopic (exact) mass is 382 g/mol. The van der Waals surface area contributed by atoms with Gasteiger partial charge in [-0.1, -0.05) is 0 Å². The highest BCUT2D eigenvalue weighted by Gasteiger charge is 2.29. The molecule has 0 bridgehead atoms. The van der Waals surface area contributed by atoms with Crippen molar-refractivity contribution in [3.8, 4) is 0 Å². The van der Waals surface area contributed by atoms with Crippen LogP contribution in [0.2, 0.25) is 0 Å². The maximum absolute atomic E-state index is 12.3. The number of rotatable bonds is 6. The zero-order valence-electron chi connectivity index (χ0n) is 13.9. The number of nitrogens with zero attached hydrogens (tertiary/aromatic N) is 2. The lowest BCUT2D eigenvalue weighted by atomic mass is 10.1. The summed E-state index contributed by atoms with van der Waals surface area (Å²) < 4.78 is 9.60. The van der Waals surface area contributed by atoms with E-state index in [-0.39, 0.29) is 27.6 Å². The first kappa shape index (κ1) is 19.1. The molecule has 0 saturated heterocycles. The summed E-state index contributed by atoms with van der Waals surface area (Å²) in [5, 5.41) is 19.0. The molecular weight excluding hydrogens is 368 g/mol. The van der Waals surface area contributed by atoms with Crippen LogP contribution in [0.1, 0.15) is 43.0 Å². The van der Waals surface area contributed by atoms with Crippen molar-refractivity contribution < 1.29 is 28.8 Å². The summed E-state index contributed by atoms with van der Waals surface area (Å²) >= 11 is 0.806. The lowest BCUT2D eigenvalue weighted by Gasteiger charge is -2.04. The fraction of sp³-hybridized carbons (Fsp3) is 0.286. The van der Waals surface area contributed by atoms with Crippen LogP contribution in [0.3, 0.4) is 0 Å². The van der Waals surface area contributed by atoms with Crippen molar-refractivity contribution in [3.63, 3.8) is 0 Å². The number of methoxy groups -OCH3 is 1. The number of nitro groups is 1. The number of esters is 2. The Morgan fingerprint density at radius 2 is 2.08 bits per heavy atom. The number of carbonyl (C=O) groups excluding carboxylic acids is 3. The SMILES string of the molecule is CCOC(=O)c1sc(NC(=O)c2[nH]ncc2[N+](=O)[O-])c(C(=O)OC)c1C. The van der Waals surface area contributed by atoms with E-state index in [1.54, 1.807) is 6.92 Å². The Morgan fingerprint density at radius 3 is 2.65 bits per heavy atom. The first-order valence-corrected chi connectivity index (χ1v) is 8.01. The third-order valence-corrected chi connectivity index (χ3v) is 4.45. The van der Waals surface area contributed by atoms with Crippen molar-refractivity contribution in [2.45, 2.75) is 13.8 Å². The molecule has 0 aliphatic carbocycles. The number of nitrogens with one attached hydrogen (secondary N) is 2. The quantitative estimate of drug-likeness (QED) is 0.436. The number of ether oxygens (including phenoxy) is 2. The average Bonchev–Trinajstić information content (AvgIpc) is 3.19. The van der Waals surface area contributed by atoms with Crippen LogP contribution in [-0.2, 0) is 9.47 Å². The molecule has 0 unspecified atom stereocenters. The number of aromatic nitrogens is 2. The predicted octanol–water partition coefficient (Wildman–Crippen LogP) is 1.90. The van der Waals surface area contributed by atoms with Crippen LogP contribution < -0.4 is 5.32 Å². The zero-order valence-corrected chi connectivity index (χ0v) is 14.8. The minimum Gasteiger partial charge on any atom is -0.465 e. The molecule has 2 heterocycles. The third-order valence-electron chi connectivity index (χ3n) is 3.27. The molecule has 138 valence electrons. The molecule has 12 heteroatoms. The molecule has 0 aliphatic heterocycles. The Bertz CT molecular complexity index is 886. The Hall–Kier alpha value is -3.28. The number of aromatic amines is 1. The Kier molecular flexibility index (Phi) is 5.67. The minimum atomic E-state index is -0.893. The third kappa shape index (κ3) is 3.54. The van der Waals surface area contributed by atoms with Crippen LogP contribution in [0.15, 0.2) is 6.20 Å². The van der Waals surface area contributed by atoms with Gasteiger partial charge >= 0.3 is 17.6 Å². The van der Waals surface area contributed by atoms with Crippen LogP contribution in [0.4, 0.5) is 10.7 Å². The summed E-state index contributed by atoms with van der Waals surface area (Å²) in [5.41, 5.74) is -0.679. The Balaban J connectivity index is 2.44. The van der Waals surface area contributed by atoms with E-state index in [1.165, 1.54) is 6.92 Å². The lowest BCUT2D eigenvalue weighted by Crippen LogP contribution is -2.16. The van der Waals surface area contributed by atoms with E-state index in [4.69, 9.17) is 4.74 Å². The van der Waals surface area contributed by atoms with Crippen molar-refractivity contribution in [1.82, 2.24) is 10.2 Å². The highest BCUT2D eigenvalue weighted by Crippen LogP contribution is 2.34. The standard InChI is InChI=1S/C14H14N4O7S/c1-4-25-14(21)10-6(2)8(13(20)24-3)12(26-10)16-11(19)9-7(18(22)23)5-15-17-9/h5H,4H2,1-3H3,(H,15,17)(H,16,19). The van der Waals surface area contributed by atoms with E-state index in [9.17, 15) is 24.5 Å². The van der Waals surface area contributed by atoms with E-state index in [2.05, 4.69) is 20.3 Å². The normalized spacial score (nSPS) is 10.3. The highest BCUT2D eigenvalue weighted by atomic mass is 32.1. The van der Waals surface area contributed by atoms with E-state index in [1.807, 2.05) is 0 Å². The lowest BCUT2D eigenvalue weighted by molar-refractivity contribution is -0.385. The molecule has 0 aliphatic rings. The Labute approximate surface area is 150 Å². The Morgan fingerprint density at radius 1 is 1.38 bits per heavy atom. The second kappa shape index (κ2) is 7.74. The number of hydrogen-bond acceptors (Lipinski definition) is 9. The van der Waals surface area contributed by atoms with Crippen molar-refractivity contribution in [2.24, 2.45) is 0 Å². The molecule has 1 amide bonds. The van der Waals surface area contributed by atoms with E-state index in [0.717, 1.165) is 24.6 Å². The minimum absolute atomic E-state index is 0.00583. The summed E-state index contributed by atoms with van der Waals surface area (Å²) in [4.78, 5) is 46.6. The van der Waals surface area contributed by atoms with Crippen molar-refractivity contribution in [1.29, 1.82) is 0 Å². The molecule has 2 aromatic rings. The maximum Gasteiger partial charge on any atom is 0.348 e. The first-order valence-electron chi connectivity index (χ1n) is 7.19. The number of thiophene rings is 1. The molecule has 0 spiro atoms. The van der Waals surface area contributed by atoms with Crippen LogP contribution in [0.25, 0.3) is 0 Å². The molecule has 0 atom stereocenters. The van der Waals surface area contributed by atoms with Gasteiger partial charge in [-0.25, -0.2) is 9.59 Å². The fourth-order valence-electron chi connectivity index (χ4n) is 2.09. The molecule has 26 heavy (non-hydrogen) atoms. The molecule has 0 fully saturated rings. The first-order chi connectivity index (χ1) is 12.3. The number of hydrogen-bond donors (Lipinski definition) is 2. The van der Waals surface area contributed by atoms with Crippen molar-refractivity contribution in [3.05, 3.63) is 38.0 Å². The van der Waals surface area contributed by atoms with Gasteiger partial charge in [0.1, 0.15) is 16.1 Å². The molecule has 11 nitrogen and oxygen atoms in total. The molecule has 0 aromatic carbocycles. The number of carbonyl (C=O) groups is 3. The number of anilines is 1. The van der Waals surface area contributed by atoms with E-state index < -0.39 is 34.2 Å². The largest absolute Gasteiger partial charge is 0.465 e.